The molecule has 0 atom stereocenters. The number of benzene rings is 3. The van der Waals surface area contributed by atoms with Gasteiger partial charge in [0.2, 0.25) is 0 Å². The number of piperazine rings is 4. The molecule has 3 aromatic carbocycles. The van der Waals surface area contributed by atoms with Crippen LogP contribution in [0.15, 0.2) is 184 Å². The summed E-state index contributed by atoms with van der Waals surface area (Å²) in [4.78, 5) is 68.2. The van der Waals surface area contributed by atoms with Crippen LogP contribution in [0.4, 0.5) is 22.7 Å². The molecule has 29 heteroatoms. The Bertz CT molecular complexity index is 6540. The number of pyridine rings is 4. The molecule has 132 heavy (non-hydrogen) atoms. The molecule has 13 aromatic heterocycles. The van der Waals surface area contributed by atoms with Gasteiger partial charge in [0, 0.05) is 263 Å². The highest BCUT2D eigenvalue weighted by atomic mass is 15.3. The molecule has 682 valence electrons. The first-order chi connectivity index (χ1) is 64.5. The van der Waals surface area contributed by atoms with E-state index in [4.69, 9.17) is 30.0 Å². The molecule has 29 nitrogen and oxygen atoms in total. The summed E-state index contributed by atoms with van der Waals surface area (Å²) in [5.74, 6) is 0. The van der Waals surface area contributed by atoms with Crippen molar-refractivity contribution in [1.82, 2.24) is 122 Å². The number of piperidine rings is 4. The lowest BCUT2D eigenvalue weighted by molar-refractivity contribution is 0.0982. The average Bonchev–Trinajstić information content (AvgIpc) is 1.60. The Balaban J connectivity index is 0.000000106. The minimum absolute atomic E-state index is 0.713. The number of hydrogen-bond acceptors (Lipinski definition) is 24. The molecule has 0 spiro atoms. The van der Waals surface area contributed by atoms with Crippen molar-refractivity contribution in [3.63, 3.8) is 0 Å². The molecule has 8 aliphatic rings. The van der Waals surface area contributed by atoms with Gasteiger partial charge in [0.1, 0.15) is 5.65 Å². The van der Waals surface area contributed by atoms with Crippen molar-refractivity contribution < 1.29 is 0 Å². The van der Waals surface area contributed by atoms with Crippen molar-refractivity contribution >= 4 is 89.1 Å². The Labute approximate surface area is 772 Å². The fraction of sp³-hybridized carbons (Fsp3) is 0.437. The first-order valence-electron chi connectivity index (χ1n) is 48.1. The molecule has 8 saturated heterocycles. The Kier molecular flexibility index (Phi) is 24.9. The molecule has 8 aliphatic heterocycles. The summed E-state index contributed by atoms with van der Waals surface area (Å²) in [5.41, 5.74) is 25.6. The number of fused-ring (bicyclic) bond motifs is 8. The summed E-state index contributed by atoms with van der Waals surface area (Å²) in [5, 5.41) is 23.2. The lowest BCUT2D eigenvalue weighted by Crippen LogP contribution is -2.52. The van der Waals surface area contributed by atoms with E-state index in [-0.39, 0.29) is 0 Å². The molecule has 0 unspecified atom stereocenters. The monoisotopic (exact) mass is 1770 g/mol. The second-order valence-corrected chi connectivity index (χ2v) is 38.4. The maximum Gasteiger partial charge on any atom is 0.162 e. The third-order valence-corrected chi connectivity index (χ3v) is 29.7. The van der Waals surface area contributed by atoms with Gasteiger partial charge >= 0.3 is 0 Å². The van der Waals surface area contributed by atoms with Crippen LogP contribution < -0.4 is 19.6 Å². The van der Waals surface area contributed by atoms with Crippen molar-refractivity contribution in [2.45, 2.75) is 103 Å². The van der Waals surface area contributed by atoms with Gasteiger partial charge in [-0.15, -0.1) is 0 Å². The van der Waals surface area contributed by atoms with Crippen LogP contribution in [0.1, 0.15) is 73.8 Å². The quantitative estimate of drug-likeness (QED) is 0.111. The number of aromatic nitrogens is 17. The van der Waals surface area contributed by atoms with Gasteiger partial charge in [-0.2, -0.15) is 20.4 Å². The number of likely N-dealkylation sites (N-methyl/N-ethyl adjacent to an activating group) is 4. The fourth-order valence-corrected chi connectivity index (χ4v) is 21.7. The Morgan fingerprint density at radius 2 is 0.538 bits per heavy atom. The lowest BCUT2D eigenvalue weighted by Gasteiger charge is -2.42. The number of anilines is 4. The fourth-order valence-electron chi connectivity index (χ4n) is 21.7. The van der Waals surface area contributed by atoms with Gasteiger partial charge < -0.3 is 43.8 Å². The van der Waals surface area contributed by atoms with E-state index in [9.17, 15) is 0 Å². The third-order valence-electron chi connectivity index (χ3n) is 29.7. The molecule has 21 heterocycles. The second kappa shape index (κ2) is 37.9. The van der Waals surface area contributed by atoms with E-state index in [0.29, 0.717) is 24.2 Å². The summed E-state index contributed by atoms with van der Waals surface area (Å²) in [7, 11) is 10.9. The maximum atomic E-state index is 4.89. The van der Waals surface area contributed by atoms with E-state index in [1.54, 1.807) is 0 Å². The number of aryl methyl sites for hydroxylation is 5. The molecular formula is C103H125N29. The van der Waals surface area contributed by atoms with Crippen LogP contribution in [-0.4, -0.2) is 332 Å². The van der Waals surface area contributed by atoms with E-state index in [2.05, 4.69) is 248 Å². The van der Waals surface area contributed by atoms with Gasteiger partial charge in [0.25, 0.3) is 0 Å². The third kappa shape index (κ3) is 18.2. The normalized spacial score (nSPS) is 19.1. The molecule has 24 rings (SSSR count). The predicted molar refractivity (Wildman–Crippen MR) is 530 cm³/mol. The molecule has 0 aliphatic carbocycles. The van der Waals surface area contributed by atoms with E-state index in [1.165, 1.54) is 173 Å². The summed E-state index contributed by atoms with van der Waals surface area (Å²) < 4.78 is 9.76. The van der Waals surface area contributed by atoms with Crippen molar-refractivity contribution in [2.75, 3.05) is 205 Å². The maximum absolute atomic E-state index is 4.89. The van der Waals surface area contributed by atoms with E-state index >= 15 is 0 Å². The van der Waals surface area contributed by atoms with E-state index < -0.39 is 0 Å². The molecule has 0 N–H and O–H groups in total. The van der Waals surface area contributed by atoms with Crippen LogP contribution >= 0.6 is 0 Å². The Morgan fingerprint density at radius 1 is 0.250 bits per heavy atom. The van der Waals surface area contributed by atoms with Crippen molar-refractivity contribution in [1.29, 1.82) is 0 Å². The highest BCUT2D eigenvalue weighted by Gasteiger charge is 2.34. The molecule has 8 fully saturated rings. The SMILES string of the molecule is CN1CCN(C2CCN(c3cnc4c(-c5ccnc6c5ccn6C)cnn4c3)CC2)CC1.Cc1ccc2c(-c3cnn4cc(N5CCC(N6CCN(C)CC6)CC5)cnc34)cc(C)nc2c1.Cc1ccc2c(-c3cnn4cc(N5CCC(N6CCN(C)CC6)CC5)cnc34)ccnc2c1.Cc1ccc2c(-c3cnn4cc(N5CCC(N6CCN(C)CC6)CC5)cnc34)ccnc2c1. The smallest absolute Gasteiger partial charge is 0.162 e. The van der Waals surface area contributed by atoms with Gasteiger partial charge in [-0.1, -0.05) is 36.4 Å². The predicted octanol–water partition coefficient (Wildman–Crippen LogP) is 13.2. The highest BCUT2D eigenvalue weighted by Crippen LogP contribution is 2.39. The molecular weight excluding hydrogens is 1640 g/mol. The molecule has 0 bridgehead atoms. The summed E-state index contributed by atoms with van der Waals surface area (Å²) in [6, 6.07) is 32.6. The highest BCUT2D eigenvalue weighted by molar-refractivity contribution is 6.01. The van der Waals surface area contributed by atoms with E-state index in [0.717, 1.165) is 192 Å². The topological polar surface area (TPSA) is 216 Å². The van der Waals surface area contributed by atoms with Crippen LogP contribution in [0.5, 0.6) is 0 Å². The van der Waals surface area contributed by atoms with Crippen LogP contribution in [0.25, 0.3) is 111 Å². The standard InChI is InChI=1S/C27H33N7.2C26H31N7.C24H30N8/c1-19-4-5-23-24(15-20(2)30-26(23)14-19)25-17-29-34-18-22(16-28-27(25)34)32-8-6-21(7-9-32)33-12-10-31(3)11-13-33;2*1-19-3-4-23-22(5-8-27-25(23)15-19)24-17-29-33-18-21(16-28-26(24)33)31-9-6-20(7-10-31)32-13-11-30(2)12-14-32;1-28-11-13-31(14-12-28)18-4-9-30(10-5-18)19-15-26-24-22(16-27-32(24)17-19)20-3-7-25-23-21(20)6-8-29(23)2/h4-5,14-18,21H,6-13H2,1-3H3;2*3-5,8,15-18,20H,6-7,9-14H2,1-2H3;3,6-8,15-18H,4-5,9-14H2,1-2H3. The first kappa shape index (κ1) is 86.6. The summed E-state index contributed by atoms with van der Waals surface area (Å²) >= 11 is 0. The Morgan fingerprint density at radius 3 is 0.864 bits per heavy atom. The van der Waals surface area contributed by atoms with Crippen molar-refractivity contribution in [2.24, 2.45) is 7.05 Å². The largest absolute Gasteiger partial charge is 0.369 e. The number of hydrogen-bond donors (Lipinski definition) is 0. The second-order valence-electron chi connectivity index (χ2n) is 38.4. The summed E-state index contributed by atoms with van der Waals surface area (Å²) in [6.07, 6.45) is 41.7. The lowest BCUT2D eigenvalue weighted by atomic mass is 10.0. The minimum atomic E-state index is 0.713. The van der Waals surface area contributed by atoms with Crippen LogP contribution in [0.2, 0.25) is 0 Å². The molecule has 0 amide bonds. The zero-order valence-corrected chi connectivity index (χ0v) is 78.2. The van der Waals surface area contributed by atoms with Gasteiger partial charge in [-0.25, -0.2) is 43.0 Å². The van der Waals surface area contributed by atoms with E-state index in [1.807, 2.05) is 111 Å². The Hall–Kier alpha value is -12.1. The van der Waals surface area contributed by atoms with Gasteiger partial charge in [-0.3, -0.25) is 34.6 Å². The molecule has 0 radical (unpaired) electrons. The van der Waals surface area contributed by atoms with Crippen LogP contribution in [-0.2, 0) is 7.05 Å². The summed E-state index contributed by atoms with van der Waals surface area (Å²) in [6.45, 7) is 36.1. The van der Waals surface area contributed by atoms with Gasteiger partial charge in [-0.05, 0) is 195 Å². The number of nitrogens with zero attached hydrogens (tertiary/aromatic N) is 29. The van der Waals surface area contributed by atoms with Crippen molar-refractivity contribution in [3.8, 4) is 44.5 Å². The minimum Gasteiger partial charge on any atom is -0.369 e. The van der Waals surface area contributed by atoms with Crippen LogP contribution in [0, 0.1) is 27.7 Å². The zero-order chi connectivity index (χ0) is 89.6. The van der Waals surface area contributed by atoms with Crippen molar-refractivity contribution in [3.05, 3.63) is 206 Å². The molecule has 0 saturated carbocycles. The number of rotatable bonds is 12. The van der Waals surface area contributed by atoms with Gasteiger partial charge in [0.15, 0.2) is 22.6 Å². The average molecular weight is 1770 g/mol. The van der Waals surface area contributed by atoms with Gasteiger partial charge in [0.05, 0.1) is 114 Å². The molecule has 16 aromatic rings. The van der Waals surface area contributed by atoms with Crippen LogP contribution in [0.3, 0.4) is 0 Å². The first-order valence-corrected chi connectivity index (χ1v) is 48.1. The zero-order valence-electron chi connectivity index (χ0n) is 78.2.